The van der Waals surface area contributed by atoms with Gasteiger partial charge in [0.05, 0.1) is 17.5 Å². The van der Waals surface area contributed by atoms with E-state index < -0.39 is 17.5 Å². The van der Waals surface area contributed by atoms with Crippen molar-refractivity contribution in [3.8, 4) is 11.3 Å². The van der Waals surface area contributed by atoms with Crippen LogP contribution in [0.15, 0.2) is 48.7 Å². The standard InChI is InChI=1S/C21H18F3N3O/c22-16-4-2-1-3-15(16)21(28)27-9-7-13(8-10-27)20-25-12-19(26-20)14-5-6-17(23)18(24)11-14/h1-6,11-13H,7-10H2,(H,25,26). The van der Waals surface area contributed by atoms with Crippen molar-refractivity contribution in [3.05, 3.63) is 77.5 Å². The molecule has 0 aliphatic carbocycles. The van der Waals surface area contributed by atoms with E-state index in [1.165, 1.54) is 18.2 Å². The van der Waals surface area contributed by atoms with Gasteiger partial charge in [-0.25, -0.2) is 18.2 Å². The number of aromatic nitrogens is 2. The number of piperidine rings is 1. The van der Waals surface area contributed by atoms with Gasteiger partial charge in [0.15, 0.2) is 11.6 Å². The zero-order valence-corrected chi connectivity index (χ0v) is 15.0. The number of rotatable bonds is 3. The van der Waals surface area contributed by atoms with E-state index >= 15 is 0 Å². The van der Waals surface area contributed by atoms with E-state index in [2.05, 4.69) is 9.97 Å². The molecule has 1 saturated heterocycles. The van der Waals surface area contributed by atoms with Gasteiger partial charge in [0.25, 0.3) is 5.91 Å². The highest BCUT2D eigenvalue weighted by atomic mass is 19.2. The van der Waals surface area contributed by atoms with E-state index in [-0.39, 0.29) is 17.4 Å². The lowest BCUT2D eigenvalue weighted by Gasteiger charge is -2.31. The van der Waals surface area contributed by atoms with Gasteiger partial charge in [-0.1, -0.05) is 12.1 Å². The molecule has 0 saturated carbocycles. The maximum atomic E-state index is 13.8. The zero-order valence-electron chi connectivity index (χ0n) is 15.0. The van der Waals surface area contributed by atoms with Crippen molar-refractivity contribution in [2.75, 3.05) is 13.1 Å². The number of imidazole rings is 1. The Morgan fingerprint density at radius 3 is 2.46 bits per heavy atom. The van der Waals surface area contributed by atoms with Crippen molar-refractivity contribution in [2.24, 2.45) is 0 Å². The molecule has 2 aromatic carbocycles. The fourth-order valence-corrected chi connectivity index (χ4v) is 3.52. The van der Waals surface area contributed by atoms with Crippen LogP contribution in [0.4, 0.5) is 13.2 Å². The molecule has 0 atom stereocenters. The average Bonchev–Trinajstić information content (AvgIpc) is 3.20. The van der Waals surface area contributed by atoms with Gasteiger partial charge in [0, 0.05) is 24.6 Å². The van der Waals surface area contributed by atoms with E-state index in [0.29, 0.717) is 37.2 Å². The van der Waals surface area contributed by atoms with Crippen LogP contribution in [0.2, 0.25) is 0 Å². The van der Waals surface area contributed by atoms with Gasteiger partial charge in [0.1, 0.15) is 11.6 Å². The molecule has 28 heavy (non-hydrogen) atoms. The predicted molar refractivity (Wildman–Crippen MR) is 98.2 cm³/mol. The number of nitrogens with one attached hydrogen (secondary N) is 1. The van der Waals surface area contributed by atoms with Crippen molar-refractivity contribution >= 4 is 5.91 Å². The zero-order chi connectivity index (χ0) is 19.7. The minimum absolute atomic E-state index is 0.0829. The van der Waals surface area contributed by atoms with E-state index in [1.807, 2.05) is 0 Å². The van der Waals surface area contributed by atoms with Gasteiger partial charge in [0.2, 0.25) is 0 Å². The number of benzene rings is 2. The van der Waals surface area contributed by atoms with E-state index in [4.69, 9.17) is 0 Å². The van der Waals surface area contributed by atoms with Gasteiger partial charge < -0.3 is 9.88 Å². The van der Waals surface area contributed by atoms with Gasteiger partial charge in [-0.2, -0.15) is 0 Å². The Morgan fingerprint density at radius 2 is 1.75 bits per heavy atom. The minimum atomic E-state index is -0.909. The topological polar surface area (TPSA) is 49.0 Å². The second kappa shape index (κ2) is 7.50. The highest BCUT2D eigenvalue weighted by Crippen LogP contribution is 2.29. The Hall–Kier alpha value is -3.09. The normalized spacial score (nSPS) is 15.0. The lowest BCUT2D eigenvalue weighted by molar-refractivity contribution is 0.0706. The summed E-state index contributed by atoms with van der Waals surface area (Å²) in [6, 6.07) is 9.67. The lowest BCUT2D eigenvalue weighted by Crippen LogP contribution is -2.38. The molecule has 0 bridgehead atoms. The molecule has 1 aliphatic rings. The van der Waals surface area contributed by atoms with E-state index in [9.17, 15) is 18.0 Å². The van der Waals surface area contributed by atoms with Crippen molar-refractivity contribution in [1.82, 2.24) is 14.9 Å². The number of hydrogen-bond acceptors (Lipinski definition) is 2. The van der Waals surface area contributed by atoms with Crippen LogP contribution in [-0.4, -0.2) is 33.9 Å². The Bertz CT molecular complexity index is 1010. The third-order valence-electron chi connectivity index (χ3n) is 5.10. The molecule has 1 aromatic heterocycles. The number of nitrogens with zero attached hydrogens (tertiary/aromatic N) is 2. The second-order valence-electron chi connectivity index (χ2n) is 6.86. The summed E-state index contributed by atoms with van der Waals surface area (Å²) in [6.45, 7) is 0.998. The molecular weight excluding hydrogens is 367 g/mol. The third kappa shape index (κ3) is 3.52. The first-order chi connectivity index (χ1) is 13.5. The average molecular weight is 385 g/mol. The van der Waals surface area contributed by atoms with Gasteiger partial charge in [-0.15, -0.1) is 0 Å². The van der Waals surface area contributed by atoms with Gasteiger partial charge >= 0.3 is 0 Å². The first-order valence-electron chi connectivity index (χ1n) is 9.07. The van der Waals surface area contributed by atoms with Crippen LogP contribution in [0.3, 0.4) is 0 Å². The molecule has 1 aliphatic heterocycles. The second-order valence-corrected chi connectivity index (χ2v) is 6.86. The molecule has 0 radical (unpaired) electrons. The van der Waals surface area contributed by atoms with Gasteiger partial charge in [-0.05, 0) is 43.2 Å². The van der Waals surface area contributed by atoms with Crippen molar-refractivity contribution < 1.29 is 18.0 Å². The number of carbonyl (C=O) groups excluding carboxylic acids is 1. The van der Waals surface area contributed by atoms with Crippen LogP contribution in [0.1, 0.15) is 34.9 Å². The Morgan fingerprint density at radius 1 is 1.00 bits per heavy atom. The summed E-state index contributed by atoms with van der Waals surface area (Å²) < 4.78 is 40.4. The van der Waals surface area contributed by atoms with Crippen LogP contribution in [0.25, 0.3) is 11.3 Å². The summed E-state index contributed by atoms with van der Waals surface area (Å²) >= 11 is 0. The molecule has 2 heterocycles. The summed E-state index contributed by atoms with van der Waals surface area (Å²) in [6.07, 6.45) is 2.97. The number of hydrogen-bond donors (Lipinski definition) is 1. The number of amides is 1. The summed E-state index contributed by atoms with van der Waals surface area (Å²) in [7, 11) is 0. The van der Waals surface area contributed by atoms with Crippen molar-refractivity contribution in [1.29, 1.82) is 0 Å². The molecule has 3 aromatic rings. The first-order valence-corrected chi connectivity index (χ1v) is 9.07. The van der Waals surface area contributed by atoms with Crippen LogP contribution in [0, 0.1) is 17.5 Å². The molecule has 4 nitrogen and oxygen atoms in total. The van der Waals surface area contributed by atoms with E-state index in [0.717, 1.165) is 18.0 Å². The summed E-state index contributed by atoms with van der Waals surface area (Å²) in [5, 5.41) is 0. The molecule has 4 rings (SSSR count). The Labute approximate surface area is 160 Å². The maximum absolute atomic E-state index is 13.8. The molecule has 0 unspecified atom stereocenters. The van der Waals surface area contributed by atoms with Crippen molar-refractivity contribution in [2.45, 2.75) is 18.8 Å². The SMILES string of the molecule is O=C(c1ccccc1F)N1CCC(c2ncc(-c3ccc(F)c(F)c3)[nH]2)CC1. The van der Waals surface area contributed by atoms with Gasteiger partial charge in [-0.3, -0.25) is 4.79 Å². The lowest BCUT2D eigenvalue weighted by atomic mass is 9.95. The number of halogens is 3. The monoisotopic (exact) mass is 385 g/mol. The number of H-pyrrole nitrogens is 1. The Balaban J connectivity index is 1.43. The summed E-state index contributed by atoms with van der Waals surface area (Å²) in [5.41, 5.74) is 1.21. The van der Waals surface area contributed by atoms with Crippen LogP contribution in [-0.2, 0) is 0 Å². The maximum Gasteiger partial charge on any atom is 0.256 e. The molecule has 1 amide bonds. The van der Waals surface area contributed by atoms with E-state index in [1.54, 1.807) is 23.2 Å². The fraction of sp³-hybridized carbons (Fsp3) is 0.238. The molecule has 1 N–H and O–H groups in total. The minimum Gasteiger partial charge on any atom is -0.342 e. The molecule has 7 heteroatoms. The quantitative estimate of drug-likeness (QED) is 0.721. The first kappa shape index (κ1) is 18.3. The largest absolute Gasteiger partial charge is 0.342 e. The number of aromatic amines is 1. The highest BCUT2D eigenvalue weighted by Gasteiger charge is 2.27. The fourth-order valence-electron chi connectivity index (χ4n) is 3.52. The van der Waals surface area contributed by atoms with Crippen LogP contribution >= 0.6 is 0 Å². The highest BCUT2D eigenvalue weighted by molar-refractivity contribution is 5.94. The molecule has 144 valence electrons. The summed E-state index contributed by atoms with van der Waals surface area (Å²) in [4.78, 5) is 21.7. The van der Waals surface area contributed by atoms with Crippen LogP contribution in [0.5, 0.6) is 0 Å². The van der Waals surface area contributed by atoms with Crippen LogP contribution < -0.4 is 0 Å². The number of likely N-dealkylation sites (tertiary alicyclic amines) is 1. The van der Waals surface area contributed by atoms with Crippen molar-refractivity contribution in [3.63, 3.8) is 0 Å². The molecule has 0 spiro atoms. The molecular formula is C21H18F3N3O. The smallest absolute Gasteiger partial charge is 0.256 e. The summed E-state index contributed by atoms with van der Waals surface area (Å²) in [5.74, 6) is -1.76. The predicted octanol–water partition coefficient (Wildman–Crippen LogP) is 4.51. The Kier molecular flexibility index (Phi) is 4.90. The molecule has 1 fully saturated rings. The number of carbonyl (C=O) groups is 1. The third-order valence-corrected chi connectivity index (χ3v) is 5.10.